The summed E-state index contributed by atoms with van der Waals surface area (Å²) in [6.45, 7) is 0. The molecule has 0 amide bonds. The summed E-state index contributed by atoms with van der Waals surface area (Å²) >= 11 is 1.67. The van der Waals surface area contributed by atoms with Gasteiger partial charge in [-0.25, -0.2) is 0 Å². The van der Waals surface area contributed by atoms with Gasteiger partial charge in [0.1, 0.15) is 0 Å². The summed E-state index contributed by atoms with van der Waals surface area (Å²) in [6.07, 6.45) is 1.76. The van der Waals surface area contributed by atoms with Gasteiger partial charge in [0.25, 0.3) is 5.96 Å². The summed E-state index contributed by atoms with van der Waals surface area (Å²) in [5, 5.41) is 6.36. The molecule has 0 bridgehead atoms. The van der Waals surface area contributed by atoms with E-state index in [4.69, 9.17) is 11.5 Å². The normalized spacial score (nSPS) is 10.6. The largest absolute Gasteiger partial charge is 0.365 e. The lowest BCUT2D eigenvalue weighted by molar-refractivity contribution is -0.456. The fourth-order valence-electron chi connectivity index (χ4n) is 1.36. The van der Waals surface area contributed by atoms with Crippen molar-refractivity contribution >= 4 is 23.5 Å². The summed E-state index contributed by atoms with van der Waals surface area (Å²) < 4.78 is 0. The van der Waals surface area contributed by atoms with Gasteiger partial charge < -0.3 is 11.5 Å². The van der Waals surface area contributed by atoms with E-state index in [0.29, 0.717) is 0 Å². The molecule has 1 aromatic heterocycles. The second kappa shape index (κ2) is 5.27. The molecular formula is C12H13N4S+. The van der Waals surface area contributed by atoms with Crippen LogP contribution >= 0.6 is 11.3 Å². The Morgan fingerprint density at radius 2 is 1.88 bits per heavy atom. The number of hydrogen-bond donors (Lipinski definition) is 3. The van der Waals surface area contributed by atoms with Gasteiger partial charge in [-0.3, -0.25) is 0 Å². The molecule has 0 aliphatic heterocycles. The van der Waals surface area contributed by atoms with Crippen LogP contribution in [0.25, 0.3) is 10.4 Å². The van der Waals surface area contributed by atoms with E-state index in [1.54, 1.807) is 17.6 Å². The molecule has 2 aromatic rings. The molecule has 4 nitrogen and oxygen atoms in total. The lowest BCUT2D eigenvalue weighted by Crippen LogP contribution is -2.63. The van der Waals surface area contributed by atoms with Gasteiger partial charge in [-0.15, -0.1) is 16.4 Å². The van der Waals surface area contributed by atoms with Crippen molar-refractivity contribution in [2.75, 3.05) is 0 Å². The van der Waals surface area contributed by atoms with Crippen LogP contribution in [-0.2, 0) is 0 Å². The van der Waals surface area contributed by atoms with Crippen molar-refractivity contribution in [1.29, 1.82) is 0 Å². The van der Waals surface area contributed by atoms with Gasteiger partial charge in [0.15, 0.2) is 0 Å². The first-order chi connectivity index (χ1) is 8.25. The Labute approximate surface area is 103 Å². The average Bonchev–Trinajstić information content (AvgIpc) is 2.78. The number of nitrogens with zero attached hydrogens (tertiary/aromatic N) is 1. The highest BCUT2D eigenvalue weighted by molar-refractivity contribution is 7.17. The van der Waals surface area contributed by atoms with E-state index in [2.05, 4.69) is 28.4 Å². The highest BCUT2D eigenvalue weighted by atomic mass is 32.1. The number of thiophene rings is 1. The third-order valence-corrected chi connectivity index (χ3v) is 3.17. The van der Waals surface area contributed by atoms with Crippen LogP contribution in [0.4, 0.5) is 0 Å². The Bertz CT molecular complexity index is 539. The molecular weight excluding hydrogens is 232 g/mol. The van der Waals surface area contributed by atoms with E-state index in [-0.39, 0.29) is 5.96 Å². The lowest BCUT2D eigenvalue weighted by Gasteiger charge is -1.93. The van der Waals surface area contributed by atoms with Crippen LogP contribution in [0.2, 0.25) is 0 Å². The Morgan fingerprint density at radius 3 is 2.59 bits per heavy atom. The maximum Gasteiger partial charge on any atom is 0.256 e. The van der Waals surface area contributed by atoms with E-state index >= 15 is 0 Å². The zero-order valence-corrected chi connectivity index (χ0v) is 9.95. The summed E-state index contributed by atoms with van der Waals surface area (Å²) in [5.74, 6) is 0.0149. The number of nitrogens with two attached hydrogens (primary N) is 2. The van der Waals surface area contributed by atoms with E-state index < -0.39 is 0 Å². The molecule has 0 aliphatic carbocycles. The quantitative estimate of drug-likeness (QED) is 0.407. The average molecular weight is 245 g/mol. The summed E-state index contributed by atoms with van der Waals surface area (Å²) in [4.78, 5) is 2.28. The smallest absolute Gasteiger partial charge is 0.256 e. The standard InChI is InChI=1S/C12H12N4S/c13-12(14)16-15-8-10-6-7-11(17-10)9-4-2-1-3-5-9/h1-8H,(H4,13,14,16)/p+1/b15-8-. The molecule has 0 saturated carbocycles. The number of hydrazone groups is 1. The van der Waals surface area contributed by atoms with Crippen molar-refractivity contribution in [2.24, 2.45) is 16.6 Å². The minimum atomic E-state index is 0.0149. The number of benzene rings is 1. The predicted molar refractivity (Wildman–Crippen MR) is 71.7 cm³/mol. The fourth-order valence-corrected chi connectivity index (χ4v) is 2.25. The van der Waals surface area contributed by atoms with E-state index in [1.807, 2.05) is 24.3 Å². The zero-order chi connectivity index (χ0) is 12.1. The van der Waals surface area contributed by atoms with Crippen LogP contribution < -0.4 is 16.6 Å². The molecule has 5 N–H and O–H groups in total. The molecule has 5 heteroatoms. The molecule has 1 heterocycles. The molecule has 0 spiro atoms. The number of guanidine groups is 1. The van der Waals surface area contributed by atoms with Crippen LogP contribution in [0, 0.1) is 0 Å². The highest BCUT2D eigenvalue weighted by Gasteiger charge is 2.01. The van der Waals surface area contributed by atoms with Crippen LogP contribution in [0.1, 0.15) is 4.88 Å². The molecule has 0 unspecified atom stereocenters. The van der Waals surface area contributed by atoms with E-state index in [1.165, 1.54) is 10.4 Å². The van der Waals surface area contributed by atoms with Crippen LogP contribution in [0.15, 0.2) is 47.6 Å². The lowest BCUT2D eigenvalue weighted by atomic mass is 10.2. The van der Waals surface area contributed by atoms with Crippen LogP contribution in [-0.4, -0.2) is 12.2 Å². The molecule has 0 atom stereocenters. The number of nitrogens with one attached hydrogen (secondary N) is 1. The number of rotatable bonds is 3. The van der Waals surface area contributed by atoms with Gasteiger partial charge in [0.05, 0.1) is 4.88 Å². The third-order valence-electron chi connectivity index (χ3n) is 2.09. The SMILES string of the molecule is NC(N)=N/[NH+]=C\c1ccc(-c2ccccc2)s1. The Kier molecular flexibility index (Phi) is 3.52. The van der Waals surface area contributed by atoms with Crippen molar-refractivity contribution in [3.63, 3.8) is 0 Å². The van der Waals surface area contributed by atoms with Crippen molar-refractivity contribution in [1.82, 2.24) is 0 Å². The van der Waals surface area contributed by atoms with Crippen LogP contribution in [0.5, 0.6) is 0 Å². The second-order valence-corrected chi connectivity index (χ2v) is 4.49. The van der Waals surface area contributed by atoms with Gasteiger partial charge >= 0.3 is 0 Å². The molecule has 0 radical (unpaired) electrons. The Hall–Kier alpha value is -2.14. The molecule has 0 fully saturated rings. The summed E-state index contributed by atoms with van der Waals surface area (Å²) in [5.41, 5.74) is 11.6. The molecule has 2 rings (SSSR count). The first-order valence-corrected chi connectivity index (χ1v) is 5.90. The molecule has 0 aliphatic rings. The van der Waals surface area contributed by atoms with E-state index in [9.17, 15) is 0 Å². The van der Waals surface area contributed by atoms with Gasteiger partial charge in [-0.2, -0.15) is 0 Å². The van der Waals surface area contributed by atoms with Crippen LogP contribution in [0.3, 0.4) is 0 Å². The minimum absolute atomic E-state index is 0.0149. The van der Waals surface area contributed by atoms with Gasteiger partial charge in [0.2, 0.25) is 6.21 Å². The molecule has 0 saturated heterocycles. The molecule has 86 valence electrons. The van der Waals surface area contributed by atoms with Gasteiger partial charge in [0, 0.05) is 9.98 Å². The predicted octanol–water partition coefficient (Wildman–Crippen LogP) is 0.103. The number of hydrogen-bond acceptors (Lipinski definition) is 2. The van der Waals surface area contributed by atoms with Gasteiger partial charge in [-0.1, -0.05) is 30.3 Å². The summed E-state index contributed by atoms with van der Waals surface area (Å²) in [7, 11) is 0. The maximum absolute atomic E-state index is 5.20. The molecule has 1 aromatic carbocycles. The van der Waals surface area contributed by atoms with E-state index in [0.717, 1.165) is 4.88 Å². The Morgan fingerprint density at radius 1 is 1.12 bits per heavy atom. The second-order valence-electron chi connectivity index (χ2n) is 3.38. The topological polar surface area (TPSA) is 78.4 Å². The van der Waals surface area contributed by atoms with Gasteiger partial charge in [-0.05, 0) is 17.7 Å². The molecule has 17 heavy (non-hydrogen) atoms. The van der Waals surface area contributed by atoms with Crippen molar-refractivity contribution in [3.8, 4) is 10.4 Å². The van der Waals surface area contributed by atoms with Crippen molar-refractivity contribution < 1.29 is 5.10 Å². The third kappa shape index (κ3) is 3.15. The van der Waals surface area contributed by atoms with Crippen molar-refractivity contribution in [3.05, 3.63) is 47.3 Å². The first kappa shape index (κ1) is 11.3. The zero-order valence-electron chi connectivity index (χ0n) is 9.13. The minimum Gasteiger partial charge on any atom is -0.365 e. The first-order valence-electron chi connectivity index (χ1n) is 5.08. The van der Waals surface area contributed by atoms with Crippen molar-refractivity contribution in [2.45, 2.75) is 0 Å². The maximum atomic E-state index is 5.20. The fraction of sp³-hybridized carbons (Fsp3) is 0. The summed E-state index contributed by atoms with van der Waals surface area (Å²) in [6, 6.07) is 14.3. The highest BCUT2D eigenvalue weighted by Crippen LogP contribution is 2.26. The monoisotopic (exact) mass is 245 g/mol. The Balaban J connectivity index is 2.17.